The molecule has 1 fully saturated rings. The van der Waals surface area contributed by atoms with Crippen LogP contribution in [0.25, 0.3) is 0 Å². The fraction of sp³-hybridized carbons (Fsp3) is 0.500. The number of hydrogen-bond donors (Lipinski definition) is 2. The maximum Gasteiger partial charge on any atom is 0.191 e. The maximum atomic E-state index is 5.76. The van der Waals surface area contributed by atoms with Gasteiger partial charge < -0.3 is 20.1 Å². The Labute approximate surface area is 177 Å². The van der Waals surface area contributed by atoms with Crippen molar-refractivity contribution >= 4 is 17.3 Å². The zero-order valence-electron chi connectivity index (χ0n) is 17.2. The van der Waals surface area contributed by atoms with E-state index in [2.05, 4.69) is 40.0 Å². The zero-order chi connectivity index (χ0) is 20.2. The van der Waals surface area contributed by atoms with Crippen molar-refractivity contribution in [1.82, 2.24) is 15.5 Å². The maximum absolute atomic E-state index is 5.76. The summed E-state index contributed by atoms with van der Waals surface area (Å²) in [5.41, 5.74) is 0. The molecule has 0 aliphatic carbocycles. The van der Waals surface area contributed by atoms with Crippen molar-refractivity contribution in [2.24, 2.45) is 4.99 Å². The third kappa shape index (κ3) is 7.34. The van der Waals surface area contributed by atoms with Crippen molar-refractivity contribution in [3.05, 3.63) is 52.7 Å². The highest BCUT2D eigenvalue weighted by Gasteiger charge is 2.23. The zero-order valence-corrected chi connectivity index (χ0v) is 18.0. The molecule has 0 saturated carbocycles. The fourth-order valence-electron chi connectivity index (χ4n) is 3.26. The predicted octanol–water partition coefficient (Wildman–Crippen LogP) is 3.15. The molecule has 0 spiro atoms. The van der Waals surface area contributed by atoms with Crippen LogP contribution in [0.15, 0.2) is 52.8 Å². The molecule has 0 radical (unpaired) electrons. The lowest BCUT2D eigenvalue weighted by Crippen LogP contribution is -2.41. The van der Waals surface area contributed by atoms with Crippen LogP contribution in [0.4, 0.5) is 0 Å². The summed E-state index contributed by atoms with van der Waals surface area (Å²) in [6.45, 7) is 8.68. The van der Waals surface area contributed by atoms with Gasteiger partial charge in [-0.15, -0.1) is 11.3 Å². The minimum absolute atomic E-state index is 0.302. The van der Waals surface area contributed by atoms with E-state index in [1.54, 1.807) is 11.3 Å². The van der Waals surface area contributed by atoms with Gasteiger partial charge in [0.2, 0.25) is 0 Å². The molecule has 1 aliphatic rings. The summed E-state index contributed by atoms with van der Waals surface area (Å²) in [5, 5.41) is 8.92. The van der Waals surface area contributed by atoms with E-state index >= 15 is 0 Å². The molecule has 6 nitrogen and oxygen atoms in total. The minimum atomic E-state index is 0.302. The van der Waals surface area contributed by atoms with Crippen molar-refractivity contribution in [1.29, 1.82) is 0 Å². The lowest BCUT2D eigenvalue weighted by molar-refractivity contribution is 0.0186. The summed E-state index contributed by atoms with van der Waals surface area (Å²) in [5.74, 6) is 1.78. The number of rotatable bonds is 10. The Bertz CT molecular complexity index is 703. The number of benzene rings is 1. The molecule has 2 heterocycles. The molecule has 1 aromatic heterocycles. The second kappa shape index (κ2) is 12.5. The lowest BCUT2D eigenvalue weighted by Gasteiger charge is -2.33. The average molecular weight is 417 g/mol. The van der Waals surface area contributed by atoms with E-state index in [0.717, 1.165) is 64.1 Å². The normalized spacial score (nSPS) is 16.4. The molecule has 0 amide bonds. The van der Waals surface area contributed by atoms with Crippen LogP contribution in [0.5, 0.6) is 5.75 Å². The molecule has 29 heavy (non-hydrogen) atoms. The Morgan fingerprint density at radius 3 is 2.72 bits per heavy atom. The number of para-hydroxylation sites is 1. The standard InChI is InChI=1S/C22H32N4O2S/c1-2-23-22(24-11-7-14-28-19-8-4-3-5-9-19)25-18-20(21-10-6-17-29-21)26-12-15-27-16-13-26/h3-6,8-10,17,20H,2,7,11-16,18H2,1H3,(H2,23,24,25). The van der Waals surface area contributed by atoms with E-state index in [1.165, 1.54) is 4.88 Å². The summed E-state index contributed by atoms with van der Waals surface area (Å²) in [7, 11) is 0. The second-order valence-electron chi connectivity index (χ2n) is 6.84. The van der Waals surface area contributed by atoms with E-state index in [1.807, 2.05) is 30.3 Å². The van der Waals surface area contributed by atoms with Gasteiger partial charge in [-0.3, -0.25) is 9.89 Å². The van der Waals surface area contributed by atoms with Gasteiger partial charge in [0.1, 0.15) is 5.75 Å². The molecule has 158 valence electrons. The Hall–Kier alpha value is -2.09. The van der Waals surface area contributed by atoms with Gasteiger partial charge in [-0.25, -0.2) is 0 Å². The van der Waals surface area contributed by atoms with Crippen molar-refractivity contribution < 1.29 is 9.47 Å². The van der Waals surface area contributed by atoms with Gasteiger partial charge in [-0.05, 0) is 36.9 Å². The van der Waals surface area contributed by atoms with Crippen LogP contribution in [-0.2, 0) is 4.74 Å². The quantitative estimate of drug-likeness (QED) is 0.354. The van der Waals surface area contributed by atoms with Gasteiger partial charge in [-0.1, -0.05) is 24.3 Å². The first-order valence-electron chi connectivity index (χ1n) is 10.4. The van der Waals surface area contributed by atoms with Gasteiger partial charge in [-0.2, -0.15) is 0 Å². The van der Waals surface area contributed by atoms with Gasteiger partial charge in [0.05, 0.1) is 32.4 Å². The summed E-state index contributed by atoms with van der Waals surface area (Å²) < 4.78 is 11.3. The van der Waals surface area contributed by atoms with Crippen LogP contribution in [-0.4, -0.2) is 63.4 Å². The molecule has 1 atom stereocenters. The topological polar surface area (TPSA) is 58.1 Å². The number of nitrogens with one attached hydrogen (secondary N) is 2. The summed E-state index contributed by atoms with van der Waals surface area (Å²) in [6, 6.07) is 14.6. The summed E-state index contributed by atoms with van der Waals surface area (Å²) >= 11 is 1.80. The van der Waals surface area contributed by atoms with E-state index in [0.29, 0.717) is 12.6 Å². The third-order valence-electron chi connectivity index (χ3n) is 4.75. The van der Waals surface area contributed by atoms with Gasteiger partial charge in [0.25, 0.3) is 0 Å². The van der Waals surface area contributed by atoms with Gasteiger partial charge in [0, 0.05) is 31.1 Å². The monoisotopic (exact) mass is 416 g/mol. The Morgan fingerprint density at radius 1 is 1.17 bits per heavy atom. The first-order valence-corrected chi connectivity index (χ1v) is 11.3. The van der Waals surface area contributed by atoms with Crippen molar-refractivity contribution in [3.63, 3.8) is 0 Å². The number of aliphatic imine (C=N–C) groups is 1. The van der Waals surface area contributed by atoms with E-state index in [4.69, 9.17) is 14.5 Å². The van der Waals surface area contributed by atoms with E-state index in [-0.39, 0.29) is 0 Å². The highest BCUT2D eigenvalue weighted by molar-refractivity contribution is 7.10. The van der Waals surface area contributed by atoms with E-state index in [9.17, 15) is 0 Å². The number of hydrogen-bond acceptors (Lipinski definition) is 5. The molecule has 1 aliphatic heterocycles. The molecule has 1 unspecified atom stereocenters. The van der Waals surface area contributed by atoms with Gasteiger partial charge >= 0.3 is 0 Å². The molecule has 2 N–H and O–H groups in total. The SMILES string of the molecule is CCNC(=NCC(c1cccs1)N1CCOCC1)NCCCOc1ccccc1. The summed E-state index contributed by atoms with van der Waals surface area (Å²) in [4.78, 5) is 8.72. The molecular formula is C22H32N4O2S. The highest BCUT2D eigenvalue weighted by Crippen LogP contribution is 2.26. The number of ether oxygens (including phenoxy) is 2. The molecule has 0 bridgehead atoms. The second-order valence-corrected chi connectivity index (χ2v) is 7.82. The molecule has 2 aromatic rings. The van der Waals surface area contributed by atoms with Crippen LogP contribution in [0.1, 0.15) is 24.3 Å². The largest absolute Gasteiger partial charge is 0.494 e. The smallest absolute Gasteiger partial charge is 0.191 e. The number of guanidine groups is 1. The van der Waals surface area contributed by atoms with Crippen molar-refractivity contribution in [2.45, 2.75) is 19.4 Å². The van der Waals surface area contributed by atoms with Crippen molar-refractivity contribution in [3.8, 4) is 5.75 Å². The number of nitrogens with zero attached hydrogens (tertiary/aromatic N) is 2. The Morgan fingerprint density at radius 2 is 2.00 bits per heavy atom. The first kappa shape index (κ1) is 21.6. The Kier molecular flexibility index (Phi) is 9.29. The van der Waals surface area contributed by atoms with Crippen molar-refractivity contribution in [2.75, 3.05) is 52.5 Å². The van der Waals surface area contributed by atoms with Crippen LogP contribution in [0.2, 0.25) is 0 Å². The predicted molar refractivity (Wildman–Crippen MR) is 120 cm³/mol. The lowest BCUT2D eigenvalue weighted by atomic mass is 10.2. The van der Waals surface area contributed by atoms with Crippen LogP contribution in [0, 0.1) is 0 Å². The molecular weight excluding hydrogens is 384 g/mol. The van der Waals surface area contributed by atoms with Crippen LogP contribution < -0.4 is 15.4 Å². The number of morpholine rings is 1. The molecule has 3 rings (SSSR count). The fourth-order valence-corrected chi connectivity index (χ4v) is 4.11. The highest BCUT2D eigenvalue weighted by atomic mass is 32.1. The van der Waals surface area contributed by atoms with Gasteiger partial charge in [0.15, 0.2) is 5.96 Å². The Balaban J connectivity index is 1.49. The molecule has 7 heteroatoms. The molecule has 1 saturated heterocycles. The summed E-state index contributed by atoms with van der Waals surface area (Å²) in [6.07, 6.45) is 0.914. The minimum Gasteiger partial charge on any atom is -0.494 e. The first-order chi connectivity index (χ1) is 14.4. The molecule has 1 aromatic carbocycles. The average Bonchev–Trinajstić information content (AvgIpc) is 3.29. The van der Waals surface area contributed by atoms with E-state index < -0.39 is 0 Å². The van der Waals surface area contributed by atoms with Crippen LogP contribution in [0.3, 0.4) is 0 Å². The number of thiophene rings is 1. The third-order valence-corrected chi connectivity index (χ3v) is 5.72. The van der Waals surface area contributed by atoms with Crippen LogP contribution >= 0.6 is 11.3 Å².